The molecule has 2 amide bonds. The van der Waals surface area contributed by atoms with Gasteiger partial charge in [-0.05, 0) is 29.7 Å². The maximum absolute atomic E-state index is 12.6. The van der Waals surface area contributed by atoms with Gasteiger partial charge in [0.1, 0.15) is 0 Å². The summed E-state index contributed by atoms with van der Waals surface area (Å²) in [5.41, 5.74) is 6.91. The van der Waals surface area contributed by atoms with Crippen molar-refractivity contribution in [2.45, 2.75) is 26.2 Å². The molecule has 0 aromatic heterocycles. The van der Waals surface area contributed by atoms with Crippen molar-refractivity contribution >= 4 is 23.2 Å². The smallest absolute Gasteiger partial charge is 0.240 e. The van der Waals surface area contributed by atoms with Crippen LogP contribution in [-0.4, -0.2) is 48.6 Å². The summed E-state index contributed by atoms with van der Waals surface area (Å²) in [6.07, 6.45) is 1.83. The van der Waals surface area contributed by atoms with Gasteiger partial charge in [-0.1, -0.05) is 49.4 Å². The predicted molar refractivity (Wildman–Crippen MR) is 118 cm³/mol. The van der Waals surface area contributed by atoms with E-state index in [4.69, 9.17) is 0 Å². The van der Waals surface area contributed by atoms with Crippen molar-refractivity contribution in [1.82, 2.24) is 10.3 Å². The zero-order valence-corrected chi connectivity index (χ0v) is 17.4. The number of aryl methyl sites for hydroxylation is 1. The molecule has 30 heavy (non-hydrogen) atoms. The van der Waals surface area contributed by atoms with Gasteiger partial charge in [0.2, 0.25) is 11.8 Å². The summed E-state index contributed by atoms with van der Waals surface area (Å²) in [5.74, 6) is 0.328. The summed E-state index contributed by atoms with van der Waals surface area (Å²) >= 11 is 0. The number of nitrogens with zero attached hydrogens (tertiary/aromatic N) is 3. The number of nitrogens with one attached hydrogen (secondary N) is 1. The van der Waals surface area contributed by atoms with Gasteiger partial charge < -0.3 is 9.80 Å². The van der Waals surface area contributed by atoms with Crippen molar-refractivity contribution in [1.29, 1.82) is 0 Å². The topological polar surface area (TPSA) is 65.0 Å². The standard InChI is InChI=1S/C24H28N4O2/c1-18-17-22(29)25-26-24(18)20-8-10-21(11-9-20)27-13-15-28(16-14-27)23(30)12-7-19-5-3-2-4-6-19/h2-6,8-11,18H,7,12-17H2,1H3,(H,25,29). The predicted octanol–water partition coefficient (Wildman–Crippen LogP) is 2.83. The molecule has 1 fully saturated rings. The van der Waals surface area contributed by atoms with Gasteiger partial charge in [0.05, 0.1) is 5.71 Å². The SMILES string of the molecule is CC1CC(=O)NN=C1c1ccc(N2CCN(C(=O)CCc3ccccc3)CC2)cc1. The van der Waals surface area contributed by atoms with Crippen LogP contribution >= 0.6 is 0 Å². The van der Waals surface area contributed by atoms with Crippen LogP contribution in [0.5, 0.6) is 0 Å². The molecule has 2 aromatic rings. The van der Waals surface area contributed by atoms with Gasteiger partial charge in [0.25, 0.3) is 0 Å². The van der Waals surface area contributed by atoms with Gasteiger partial charge in [0, 0.05) is 50.6 Å². The first kappa shape index (κ1) is 20.1. The number of benzene rings is 2. The number of carbonyl (C=O) groups excluding carboxylic acids is 2. The lowest BCUT2D eigenvalue weighted by molar-refractivity contribution is -0.131. The summed E-state index contributed by atoms with van der Waals surface area (Å²) in [7, 11) is 0. The number of amides is 2. The molecule has 1 unspecified atom stereocenters. The Hall–Kier alpha value is -3.15. The highest BCUT2D eigenvalue weighted by atomic mass is 16.2. The van der Waals surface area contributed by atoms with E-state index in [9.17, 15) is 9.59 Å². The van der Waals surface area contributed by atoms with E-state index in [-0.39, 0.29) is 17.7 Å². The fourth-order valence-corrected chi connectivity index (χ4v) is 4.11. The van der Waals surface area contributed by atoms with Crippen molar-refractivity contribution in [2.75, 3.05) is 31.1 Å². The maximum Gasteiger partial charge on any atom is 0.240 e. The highest BCUT2D eigenvalue weighted by Gasteiger charge is 2.23. The highest BCUT2D eigenvalue weighted by Crippen LogP contribution is 2.21. The van der Waals surface area contributed by atoms with Gasteiger partial charge in [-0.25, -0.2) is 5.43 Å². The molecule has 1 saturated heterocycles. The third-order valence-corrected chi connectivity index (χ3v) is 5.89. The lowest BCUT2D eigenvalue weighted by Crippen LogP contribution is -2.48. The Labute approximate surface area is 177 Å². The van der Waals surface area contributed by atoms with Gasteiger partial charge in [-0.15, -0.1) is 0 Å². The van der Waals surface area contributed by atoms with E-state index in [1.807, 2.05) is 30.0 Å². The summed E-state index contributed by atoms with van der Waals surface area (Å²) in [5, 5.41) is 4.23. The molecule has 2 heterocycles. The van der Waals surface area contributed by atoms with Gasteiger partial charge in [-0.2, -0.15) is 5.10 Å². The van der Waals surface area contributed by atoms with Crippen LogP contribution in [0.3, 0.4) is 0 Å². The van der Waals surface area contributed by atoms with E-state index < -0.39 is 0 Å². The fraction of sp³-hybridized carbons (Fsp3) is 0.375. The van der Waals surface area contributed by atoms with E-state index in [1.165, 1.54) is 5.56 Å². The van der Waals surface area contributed by atoms with Crippen LogP contribution in [0, 0.1) is 5.92 Å². The second-order valence-electron chi connectivity index (χ2n) is 8.04. The first-order valence-corrected chi connectivity index (χ1v) is 10.6. The number of hydrogen-bond donors (Lipinski definition) is 1. The molecule has 0 bridgehead atoms. The summed E-state index contributed by atoms with van der Waals surface area (Å²) in [6, 6.07) is 18.5. The van der Waals surface area contributed by atoms with Crippen molar-refractivity contribution < 1.29 is 9.59 Å². The molecule has 2 aliphatic rings. The minimum atomic E-state index is -0.0287. The number of rotatable bonds is 5. The molecule has 0 aliphatic carbocycles. The largest absolute Gasteiger partial charge is 0.368 e. The van der Waals surface area contributed by atoms with E-state index in [0.29, 0.717) is 12.8 Å². The second kappa shape index (κ2) is 9.11. The molecular formula is C24H28N4O2. The average molecular weight is 405 g/mol. The quantitative estimate of drug-likeness (QED) is 0.833. The van der Waals surface area contributed by atoms with Gasteiger partial charge >= 0.3 is 0 Å². The zero-order valence-electron chi connectivity index (χ0n) is 17.4. The van der Waals surface area contributed by atoms with Crippen LogP contribution in [0.25, 0.3) is 0 Å². The van der Waals surface area contributed by atoms with Crippen LogP contribution < -0.4 is 10.3 Å². The number of piperazine rings is 1. The van der Waals surface area contributed by atoms with Crippen LogP contribution in [0.4, 0.5) is 5.69 Å². The average Bonchev–Trinajstić information content (AvgIpc) is 2.78. The van der Waals surface area contributed by atoms with E-state index >= 15 is 0 Å². The summed E-state index contributed by atoms with van der Waals surface area (Å²) < 4.78 is 0. The Kier molecular flexibility index (Phi) is 6.12. The van der Waals surface area contributed by atoms with E-state index in [1.54, 1.807) is 0 Å². The van der Waals surface area contributed by atoms with Crippen molar-refractivity contribution in [3.05, 3.63) is 65.7 Å². The van der Waals surface area contributed by atoms with Crippen molar-refractivity contribution in [2.24, 2.45) is 11.0 Å². The first-order valence-electron chi connectivity index (χ1n) is 10.6. The van der Waals surface area contributed by atoms with Crippen molar-refractivity contribution in [3.8, 4) is 0 Å². The zero-order chi connectivity index (χ0) is 20.9. The summed E-state index contributed by atoms with van der Waals surface area (Å²) in [6.45, 7) is 5.21. The van der Waals surface area contributed by atoms with Crippen LogP contribution in [0.15, 0.2) is 59.7 Å². The minimum absolute atomic E-state index is 0.0287. The number of anilines is 1. The Morgan fingerprint density at radius 1 is 1.03 bits per heavy atom. The number of carbonyl (C=O) groups is 2. The van der Waals surface area contributed by atoms with Gasteiger partial charge in [0.15, 0.2) is 0 Å². The third-order valence-electron chi connectivity index (χ3n) is 5.89. The molecule has 1 atom stereocenters. The Morgan fingerprint density at radius 2 is 1.73 bits per heavy atom. The van der Waals surface area contributed by atoms with Crippen molar-refractivity contribution in [3.63, 3.8) is 0 Å². The highest BCUT2D eigenvalue weighted by molar-refractivity contribution is 6.05. The van der Waals surface area contributed by atoms with E-state index in [0.717, 1.165) is 49.6 Å². The molecule has 2 aliphatic heterocycles. The molecule has 6 nitrogen and oxygen atoms in total. The molecular weight excluding hydrogens is 376 g/mol. The lowest BCUT2D eigenvalue weighted by atomic mass is 9.94. The van der Waals surface area contributed by atoms with E-state index in [2.05, 4.69) is 51.8 Å². The molecule has 4 rings (SSSR count). The molecule has 0 spiro atoms. The third kappa shape index (κ3) is 4.70. The Morgan fingerprint density at radius 3 is 2.40 bits per heavy atom. The summed E-state index contributed by atoms with van der Waals surface area (Å²) in [4.78, 5) is 28.3. The van der Waals surface area contributed by atoms with Crippen LogP contribution in [-0.2, 0) is 16.0 Å². The fourth-order valence-electron chi connectivity index (χ4n) is 4.11. The number of hydrazone groups is 1. The van der Waals surface area contributed by atoms with Crippen LogP contribution in [0.1, 0.15) is 30.9 Å². The normalized spacial score (nSPS) is 19.3. The molecule has 6 heteroatoms. The Bertz CT molecular complexity index is 916. The second-order valence-corrected chi connectivity index (χ2v) is 8.04. The van der Waals surface area contributed by atoms with Gasteiger partial charge in [-0.3, -0.25) is 9.59 Å². The lowest BCUT2D eigenvalue weighted by Gasteiger charge is -2.36. The molecule has 0 radical (unpaired) electrons. The van der Waals surface area contributed by atoms with Crippen LogP contribution in [0.2, 0.25) is 0 Å². The molecule has 1 N–H and O–H groups in total. The Balaban J connectivity index is 1.30. The molecule has 0 saturated carbocycles. The molecule has 2 aromatic carbocycles. The molecule has 156 valence electrons. The number of hydrogen-bond acceptors (Lipinski definition) is 4. The minimum Gasteiger partial charge on any atom is -0.368 e. The monoisotopic (exact) mass is 404 g/mol. The maximum atomic E-state index is 12.6. The first-order chi connectivity index (χ1) is 14.6.